The fourth-order valence-corrected chi connectivity index (χ4v) is 5.57. The number of amides is 1. The van der Waals surface area contributed by atoms with Gasteiger partial charge in [0, 0.05) is 43.2 Å². The summed E-state index contributed by atoms with van der Waals surface area (Å²) in [4.78, 5) is 26.6. The predicted molar refractivity (Wildman–Crippen MR) is 144 cm³/mol. The average Bonchev–Trinajstić information content (AvgIpc) is 2.92. The molecule has 0 unspecified atom stereocenters. The largest absolute Gasteiger partial charge is 0.351 e. The number of nitrogens with two attached hydrogens (primary N) is 1. The van der Waals surface area contributed by atoms with Gasteiger partial charge in [-0.25, -0.2) is 14.4 Å². The van der Waals surface area contributed by atoms with Crippen molar-refractivity contribution in [2.24, 2.45) is 5.73 Å². The van der Waals surface area contributed by atoms with Gasteiger partial charge in [0.05, 0.1) is 5.52 Å². The highest BCUT2D eigenvalue weighted by atomic mass is 19.1. The minimum Gasteiger partial charge on any atom is -0.351 e. The molecule has 2 aliphatic rings. The van der Waals surface area contributed by atoms with Crippen LogP contribution < -0.4 is 10.6 Å². The Balaban J connectivity index is 1.33. The van der Waals surface area contributed by atoms with Crippen LogP contribution in [-0.2, 0) is 13.0 Å². The number of carbonyl (C=O) groups is 1. The van der Waals surface area contributed by atoms with Gasteiger partial charge in [-0.15, -0.1) is 0 Å². The van der Waals surface area contributed by atoms with E-state index < -0.39 is 0 Å². The van der Waals surface area contributed by atoms with Crippen molar-refractivity contribution in [1.29, 1.82) is 0 Å². The lowest BCUT2D eigenvalue weighted by atomic mass is 9.95. The zero-order chi connectivity index (χ0) is 25.5. The highest BCUT2D eigenvalue weighted by Crippen LogP contribution is 2.34. The van der Waals surface area contributed by atoms with Gasteiger partial charge < -0.3 is 15.5 Å². The first-order valence-electron chi connectivity index (χ1n) is 12.9. The van der Waals surface area contributed by atoms with Gasteiger partial charge >= 0.3 is 0 Å². The van der Waals surface area contributed by atoms with Gasteiger partial charge in [-0.2, -0.15) is 0 Å². The second kappa shape index (κ2) is 9.56. The molecule has 3 heterocycles. The SMILES string of the molecule is Cc1cc(-c2cccc(F)c2)cc2c(N3CCc4ccc(C(=O)N5CCC(N)CC5)cc4C3)ncnc12. The fraction of sp³-hybridized carbons (Fsp3) is 0.300. The van der Waals surface area contributed by atoms with Crippen LogP contribution in [0.15, 0.2) is 60.9 Å². The van der Waals surface area contributed by atoms with E-state index >= 15 is 0 Å². The molecular weight excluding hydrogens is 465 g/mol. The third kappa shape index (κ3) is 4.55. The molecule has 2 aliphatic heterocycles. The summed E-state index contributed by atoms with van der Waals surface area (Å²) >= 11 is 0. The average molecular weight is 496 g/mol. The zero-order valence-corrected chi connectivity index (χ0v) is 21.0. The van der Waals surface area contributed by atoms with Crippen LogP contribution in [0.4, 0.5) is 10.2 Å². The maximum atomic E-state index is 13.9. The summed E-state index contributed by atoms with van der Waals surface area (Å²) in [6.45, 7) is 4.93. The van der Waals surface area contributed by atoms with Crippen LogP contribution in [0.1, 0.15) is 39.9 Å². The summed E-state index contributed by atoms with van der Waals surface area (Å²) < 4.78 is 13.9. The van der Waals surface area contributed by atoms with Crippen LogP contribution in [-0.4, -0.2) is 46.5 Å². The monoisotopic (exact) mass is 495 g/mol. The molecule has 0 bridgehead atoms. The smallest absolute Gasteiger partial charge is 0.253 e. The van der Waals surface area contributed by atoms with Gasteiger partial charge in [0.2, 0.25) is 0 Å². The minimum atomic E-state index is -0.259. The molecule has 1 fully saturated rings. The molecule has 1 saturated heterocycles. The molecule has 7 heteroatoms. The number of benzene rings is 3. The summed E-state index contributed by atoms with van der Waals surface area (Å²) in [5.74, 6) is 0.679. The van der Waals surface area contributed by atoms with Crippen LogP contribution in [0.3, 0.4) is 0 Å². The van der Waals surface area contributed by atoms with Gasteiger partial charge in [0.25, 0.3) is 5.91 Å². The summed E-state index contributed by atoms with van der Waals surface area (Å²) in [7, 11) is 0. The quantitative estimate of drug-likeness (QED) is 0.439. The number of piperidine rings is 1. The third-order valence-corrected chi connectivity index (χ3v) is 7.66. The Morgan fingerprint density at radius 2 is 1.81 bits per heavy atom. The second-order valence-corrected chi connectivity index (χ2v) is 10.2. The number of fused-ring (bicyclic) bond motifs is 2. The Bertz CT molecular complexity index is 1500. The number of carbonyl (C=O) groups excluding carboxylic acids is 1. The van der Waals surface area contributed by atoms with Gasteiger partial charge in [0.1, 0.15) is 18.0 Å². The van der Waals surface area contributed by atoms with E-state index in [1.165, 1.54) is 11.6 Å². The Morgan fingerprint density at radius 3 is 2.62 bits per heavy atom. The molecule has 0 aliphatic carbocycles. The fourth-order valence-electron chi connectivity index (χ4n) is 5.57. The Hall–Kier alpha value is -3.84. The van der Waals surface area contributed by atoms with E-state index in [-0.39, 0.29) is 17.8 Å². The molecule has 3 aromatic carbocycles. The third-order valence-electron chi connectivity index (χ3n) is 7.66. The summed E-state index contributed by atoms with van der Waals surface area (Å²) in [6, 6.07) is 17.0. The van der Waals surface area contributed by atoms with Crippen molar-refractivity contribution in [3.05, 3.63) is 89.0 Å². The topological polar surface area (TPSA) is 75.4 Å². The lowest BCUT2D eigenvalue weighted by molar-refractivity contribution is 0.0714. The molecule has 37 heavy (non-hydrogen) atoms. The van der Waals surface area contributed by atoms with Crippen LogP contribution in [0.2, 0.25) is 0 Å². The number of likely N-dealkylation sites (tertiary alicyclic amines) is 1. The lowest BCUT2D eigenvalue weighted by Crippen LogP contribution is -2.43. The maximum absolute atomic E-state index is 13.9. The predicted octanol–water partition coefficient (Wildman–Crippen LogP) is 4.87. The summed E-state index contributed by atoms with van der Waals surface area (Å²) in [6.07, 6.45) is 4.18. The Morgan fingerprint density at radius 1 is 0.973 bits per heavy atom. The van der Waals surface area contributed by atoms with Gasteiger partial charge in [0.15, 0.2) is 0 Å². The van der Waals surface area contributed by atoms with Crippen LogP contribution >= 0.6 is 0 Å². The molecule has 4 aromatic rings. The molecule has 6 rings (SSSR count). The molecule has 0 atom stereocenters. The molecule has 188 valence electrons. The molecular formula is C30H30FN5O. The van der Waals surface area contributed by atoms with Crippen molar-refractivity contribution in [1.82, 2.24) is 14.9 Å². The Kier molecular flexibility index (Phi) is 6.08. The molecule has 0 spiro atoms. The van der Waals surface area contributed by atoms with Gasteiger partial charge in [-0.3, -0.25) is 4.79 Å². The number of aromatic nitrogens is 2. The minimum absolute atomic E-state index is 0.0784. The molecule has 2 N–H and O–H groups in total. The number of halogens is 1. The lowest BCUT2D eigenvalue weighted by Gasteiger charge is -2.32. The van der Waals surface area contributed by atoms with E-state index in [1.807, 2.05) is 36.1 Å². The van der Waals surface area contributed by atoms with Crippen LogP contribution in [0, 0.1) is 12.7 Å². The first kappa shape index (κ1) is 23.6. The van der Waals surface area contributed by atoms with Crippen molar-refractivity contribution in [2.45, 2.75) is 38.8 Å². The number of hydrogen-bond donors (Lipinski definition) is 1. The van der Waals surface area contributed by atoms with Gasteiger partial charge in [-0.1, -0.05) is 18.2 Å². The number of aryl methyl sites for hydroxylation is 1. The van der Waals surface area contributed by atoms with Crippen molar-refractivity contribution < 1.29 is 9.18 Å². The number of nitrogens with zero attached hydrogens (tertiary/aromatic N) is 4. The second-order valence-electron chi connectivity index (χ2n) is 10.2. The number of hydrogen-bond acceptors (Lipinski definition) is 5. The molecule has 1 amide bonds. The number of anilines is 1. The summed E-state index contributed by atoms with van der Waals surface area (Å²) in [5.41, 5.74) is 12.8. The zero-order valence-electron chi connectivity index (χ0n) is 21.0. The standard InChI is InChI=1S/C30H30FN5O/c1-19-13-23(21-3-2-4-25(31)15-21)16-27-28(19)33-18-34-29(27)36-10-7-20-5-6-22(14-24(20)17-36)30(37)35-11-8-26(32)9-12-35/h2-6,13-16,18,26H,7-12,17,32H2,1H3. The van der Waals surface area contributed by atoms with Crippen molar-refractivity contribution >= 4 is 22.6 Å². The van der Waals surface area contributed by atoms with E-state index in [0.717, 1.165) is 70.3 Å². The van der Waals surface area contributed by atoms with Crippen LogP contribution in [0.25, 0.3) is 22.0 Å². The molecule has 0 saturated carbocycles. The first-order valence-corrected chi connectivity index (χ1v) is 12.9. The molecule has 0 radical (unpaired) electrons. The van der Waals surface area contributed by atoms with E-state index in [4.69, 9.17) is 5.73 Å². The Labute approximate surface area is 215 Å². The maximum Gasteiger partial charge on any atom is 0.253 e. The first-order chi connectivity index (χ1) is 18.0. The van der Waals surface area contributed by atoms with Crippen molar-refractivity contribution in [2.75, 3.05) is 24.5 Å². The van der Waals surface area contributed by atoms with E-state index in [9.17, 15) is 9.18 Å². The molecule has 1 aromatic heterocycles. The summed E-state index contributed by atoms with van der Waals surface area (Å²) in [5, 5.41) is 0.946. The van der Waals surface area contributed by atoms with E-state index in [1.54, 1.807) is 18.5 Å². The highest BCUT2D eigenvalue weighted by Gasteiger charge is 2.25. The normalized spacial score (nSPS) is 16.2. The van der Waals surface area contributed by atoms with E-state index in [0.29, 0.717) is 19.6 Å². The number of rotatable bonds is 3. The van der Waals surface area contributed by atoms with Crippen LogP contribution in [0.5, 0.6) is 0 Å². The highest BCUT2D eigenvalue weighted by molar-refractivity contribution is 5.96. The molecule has 6 nitrogen and oxygen atoms in total. The van der Waals surface area contributed by atoms with E-state index in [2.05, 4.69) is 27.0 Å². The van der Waals surface area contributed by atoms with Crippen molar-refractivity contribution in [3.63, 3.8) is 0 Å². The van der Waals surface area contributed by atoms with Gasteiger partial charge in [-0.05, 0) is 90.4 Å². The van der Waals surface area contributed by atoms with Crippen molar-refractivity contribution in [3.8, 4) is 11.1 Å².